The number of hydrogen-bond acceptors (Lipinski definition) is 3. The molecule has 112 valence electrons. The molecule has 1 N–H and O–H groups in total. The lowest BCUT2D eigenvalue weighted by Gasteiger charge is -2.37. The van der Waals surface area contributed by atoms with Crippen LogP contribution in [0.4, 0.5) is 0 Å². The zero-order valence-corrected chi connectivity index (χ0v) is 13.4. The standard InChI is InChI=1S/C15H29NO2S/c1-12(2)16(14-7-5-4-6-8-14)15(18)11-19-13(3)9-10-17/h12-14,17H,4-11H2,1-3H3. The summed E-state index contributed by atoms with van der Waals surface area (Å²) in [6.45, 7) is 6.52. The Morgan fingerprint density at radius 1 is 1.26 bits per heavy atom. The molecule has 0 aliphatic heterocycles. The third kappa shape index (κ3) is 5.74. The summed E-state index contributed by atoms with van der Waals surface area (Å²) < 4.78 is 0. The van der Waals surface area contributed by atoms with E-state index in [1.165, 1.54) is 32.1 Å². The molecule has 1 aliphatic rings. The number of hydrogen-bond donors (Lipinski definition) is 1. The van der Waals surface area contributed by atoms with Crippen molar-refractivity contribution in [3.8, 4) is 0 Å². The summed E-state index contributed by atoms with van der Waals surface area (Å²) in [6.07, 6.45) is 6.94. The van der Waals surface area contributed by atoms with E-state index in [0.717, 1.165) is 6.42 Å². The van der Waals surface area contributed by atoms with Gasteiger partial charge in [-0.15, -0.1) is 11.8 Å². The molecule has 1 fully saturated rings. The van der Waals surface area contributed by atoms with Crippen LogP contribution >= 0.6 is 11.8 Å². The number of rotatable bonds is 7. The summed E-state index contributed by atoms with van der Waals surface area (Å²) in [4.78, 5) is 14.5. The number of thioether (sulfide) groups is 1. The molecule has 1 unspecified atom stereocenters. The van der Waals surface area contributed by atoms with Gasteiger partial charge in [0.15, 0.2) is 0 Å². The SMILES string of the molecule is CC(CCO)SCC(=O)N(C(C)C)C1CCCCC1. The zero-order valence-electron chi connectivity index (χ0n) is 12.6. The molecule has 0 saturated heterocycles. The smallest absolute Gasteiger partial charge is 0.233 e. The van der Waals surface area contributed by atoms with Gasteiger partial charge in [-0.1, -0.05) is 26.2 Å². The van der Waals surface area contributed by atoms with E-state index >= 15 is 0 Å². The lowest BCUT2D eigenvalue weighted by Crippen LogP contribution is -2.46. The van der Waals surface area contributed by atoms with Crippen molar-refractivity contribution in [3.63, 3.8) is 0 Å². The summed E-state index contributed by atoms with van der Waals surface area (Å²) in [5, 5.41) is 9.25. The van der Waals surface area contributed by atoms with Crippen molar-refractivity contribution in [2.75, 3.05) is 12.4 Å². The highest BCUT2D eigenvalue weighted by Crippen LogP contribution is 2.25. The van der Waals surface area contributed by atoms with Crippen molar-refractivity contribution < 1.29 is 9.90 Å². The average Bonchev–Trinajstić information content (AvgIpc) is 2.38. The summed E-state index contributed by atoms with van der Waals surface area (Å²) in [7, 11) is 0. The lowest BCUT2D eigenvalue weighted by atomic mass is 9.93. The van der Waals surface area contributed by atoms with Gasteiger partial charge in [-0.25, -0.2) is 0 Å². The monoisotopic (exact) mass is 287 g/mol. The molecule has 0 spiro atoms. The Bertz CT molecular complexity index is 265. The number of carbonyl (C=O) groups is 1. The van der Waals surface area contributed by atoms with Crippen LogP contribution in [0.2, 0.25) is 0 Å². The van der Waals surface area contributed by atoms with E-state index in [4.69, 9.17) is 5.11 Å². The Kier molecular flexibility index (Phi) is 7.84. The molecule has 0 aromatic carbocycles. The van der Waals surface area contributed by atoms with Gasteiger partial charge >= 0.3 is 0 Å². The molecule has 1 saturated carbocycles. The van der Waals surface area contributed by atoms with Crippen LogP contribution in [0.5, 0.6) is 0 Å². The first-order chi connectivity index (χ1) is 9.06. The van der Waals surface area contributed by atoms with Gasteiger partial charge in [0.25, 0.3) is 0 Å². The van der Waals surface area contributed by atoms with Crippen LogP contribution in [0.3, 0.4) is 0 Å². The molecule has 0 aromatic heterocycles. The molecule has 3 nitrogen and oxygen atoms in total. The fourth-order valence-corrected chi connectivity index (χ4v) is 3.67. The first kappa shape index (κ1) is 16.8. The molecule has 1 amide bonds. The van der Waals surface area contributed by atoms with Crippen LogP contribution in [0.15, 0.2) is 0 Å². The van der Waals surface area contributed by atoms with Crippen LogP contribution in [-0.4, -0.2) is 45.6 Å². The van der Waals surface area contributed by atoms with Crippen molar-refractivity contribution in [2.24, 2.45) is 0 Å². The second-order valence-corrected chi connectivity index (χ2v) is 7.25. The maximum Gasteiger partial charge on any atom is 0.233 e. The van der Waals surface area contributed by atoms with E-state index in [0.29, 0.717) is 23.1 Å². The van der Waals surface area contributed by atoms with Crippen molar-refractivity contribution in [1.29, 1.82) is 0 Å². The average molecular weight is 287 g/mol. The molecule has 0 heterocycles. The minimum absolute atomic E-state index is 0.207. The number of aliphatic hydroxyl groups excluding tert-OH is 1. The van der Waals surface area contributed by atoms with Gasteiger partial charge in [-0.2, -0.15) is 0 Å². The van der Waals surface area contributed by atoms with Gasteiger partial charge in [0.05, 0.1) is 5.75 Å². The van der Waals surface area contributed by atoms with Gasteiger partial charge in [-0.05, 0) is 33.1 Å². The number of amides is 1. The quantitative estimate of drug-likeness (QED) is 0.782. The van der Waals surface area contributed by atoms with Crippen molar-refractivity contribution in [2.45, 2.75) is 76.6 Å². The summed E-state index contributed by atoms with van der Waals surface area (Å²) in [5.74, 6) is 0.826. The van der Waals surface area contributed by atoms with Gasteiger partial charge in [-0.3, -0.25) is 4.79 Å². The highest BCUT2D eigenvalue weighted by molar-refractivity contribution is 8.00. The second-order valence-electron chi connectivity index (χ2n) is 5.82. The van der Waals surface area contributed by atoms with Crippen LogP contribution in [-0.2, 0) is 4.79 Å². The van der Waals surface area contributed by atoms with Gasteiger partial charge in [0.2, 0.25) is 5.91 Å². The van der Waals surface area contributed by atoms with Gasteiger partial charge in [0, 0.05) is 23.9 Å². The van der Waals surface area contributed by atoms with E-state index in [-0.39, 0.29) is 12.5 Å². The largest absolute Gasteiger partial charge is 0.396 e. The topological polar surface area (TPSA) is 40.5 Å². The molecule has 0 aromatic rings. The third-order valence-corrected chi connectivity index (χ3v) is 5.06. The van der Waals surface area contributed by atoms with E-state index < -0.39 is 0 Å². The minimum atomic E-state index is 0.207. The Hall–Kier alpha value is -0.220. The predicted octanol–water partition coefficient (Wildman–Crippen LogP) is 3.06. The summed E-state index contributed by atoms with van der Waals surface area (Å²) >= 11 is 1.67. The van der Waals surface area contributed by atoms with E-state index in [9.17, 15) is 4.79 Å². The molecule has 19 heavy (non-hydrogen) atoms. The van der Waals surface area contributed by atoms with Crippen molar-refractivity contribution >= 4 is 17.7 Å². The number of carbonyl (C=O) groups excluding carboxylic acids is 1. The summed E-state index contributed by atoms with van der Waals surface area (Å²) in [6, 6.07) is 0.749. The fourth-order valence-electron chi connectivity index (χ4n) is 2.83. The molecule has 1 atom stereocenters. The second kappa shape index (κ2) is 8.85. The summed E-state index contributed by atoms with van der Waals surface area (Å²) in [5.41, 5.74) is 0. The molecule has 0 radical (unpaired) electrons. The first-order valence-corrected chi connectivity index (χ1v) is 8.64. The Labute approximate surface area is 122 Å². The Morgan fingerprint density at radius 2 is 1.89 bits per heavy atom. The van der Waals surface area contributed by atoms with Crippen molar-refractivity contribution in [1.82, 2.24) is 4.90 Å². The van der Waals surface area contributed by atoms with Crippen LogP contribution in [0.25, 0.3) is 0 Å². The molecule has 1 aliphatic carbocycles. The minimum Gasteiger partial charge on any atom is -0.396 e. The molecular weight excluding hydrogens is 258 g/mol. The van der Waals surface area contributed by atoms with Gasteiger partial charge in [0.1, 0.15) is 0 Å². The predicted molar refractivity (Wildman–Crippen MR) is 82.5 cm³/mol. The normalized spacial score (nSPS) is 18.6. The first-order valence-electron chi connectivity index (χ1n) is 7.60. The molecule has 0 bridgehead atoms. The van der Waals surface area contributed by atoms with Crippen molar-refractivity contribution in [3.05, 3.63) is 0 Å². The maximum absolute atomic E-state index is 12.4. The fraction of sp³-hybridized carbons (Fsp3) is 0.933. The number of nitrogens with zero attached hydrogens (tertiary/aromatic N) is 1. The number of aliphatic hydroxyl groups is 1. The zero-order chi connectivity index (χ0) is 14.3. The van der Waals surface area contributed by atoms with Crippen LogP contribution in [0, 0.1) is 0 Å². The Balaban J connectivity index is 2.48. The van der Waals surface area contributed by atoms with Crippen LogP contribution < -0.4 is 0 Å². The van der Waals surface area contributed by atoms with E-state index in [2.05, 4.69) is 25.7 Å². The molecule has 4 heteroatoms. The highest BCUT2D eigenvalue weighted by Gasteiger charge is 2.27. The Morgan fingerprint density at radius 3 is 2.42 bits per heavy atom. The van der Waals surface area contributed by atoms with E-state index in [1.807, 2.05) is 0 Å². The third-order valence-electron chi connectivity index (χ3n) is 3.84. The van der Waals surface area contributed by atoms with E-state index in [1.54, 1.807) is 11.8 Å². The van der Waals surface area contributed by atoms with Crippen LogP contribution in [0.1, 0.15) is 59.3 Å². The molecular formula is C15H29NO2S. The highest BCUT2D eigenvalue weighted by atomic mass is 32.2. The lowest BCUT2D eigenvalue weighted by molar-refractivity contribution is -0.133. The van der Waals surface area contributed by atoms with Gasteiger partial charge < -0.3 is 10.0 Å². The molecule has 1 rings (SSSR count). The maximum atomic E-state index is 12.4.